The molecule has 126 valence electrons. The van der Waals surface area contributed by atoms with E-state index in [4.69, 9.17) is 0 Å². The lowest BCUT2D eigenvalue weighted by molar-refractivity contribution is -0.123. The van der Waals surface area contributed by atoms with Crippen LogP contribution in [0.3, 0.4) is 0 Å². The molecular formula is C16H23N3O3S. The second kappa shape index (κ2) is 6.13. The second-order valence-electron chi connectivity index (χ2n) is 6.34. The number of carbonyl (C=O) groups is 1. The lowest BCUT2D eigenvalue weighted by Gasteiger charge is -2.38. The molecule has 0 saturated carbocycles. The highest BCUT2D eigenvalue weighted by Crippen LogP contribution is 2.34. The number of piperidine rings is 1. The van der Waals surface area contributed by atoms with Crippen molar-refractivity contribution in [3.8, 4) is 0 Å². The zero-order valence-electron chi connectivity index (χ0n) is 13.6. The van der Waals surface area contributed by atoms with E-state index >= 15 is 0 Å². The number of carbonyl (C=O) groups excluding carboxylic acids is 1. The van der Waals surface area contributed by atoms with Crippen LogP contribution in [0, 0.1) is 5.92 Å². The molecule has 1 aromatic rings. The van der Waals surface area contributed by atoms with E-state index in [0.717, 1.165) is 17.9 Å². The third kappa shape index (κ3) is 3.21. The van der Waals surface area contributed by atoms with Gasteiger partial charge in [-0.1, -0.05) is 12.1 Å². The molecule has 3 rings (SSSR count). The first-order chi connectivity index (χ1) is 10.9. The topological polar surface area (TPSA) is 60.9 Å². The van der Waals surface area contributed by atoms with Gasteiger partial charge in [-0.3, -0.25) is 4.79 Å². The Balaban J connectivity index is 1.74. The molecule has 1 amide bonds. The Morgan fingerprint density at radius 2 is 1.65 bits per heavy atom. The summed E-state index contributed by atoms with van der Waals surface area (Å²) in [6.45, 7) is 2.36. The summed E-state index contributed by atoms with van der Waals surface area (Å²) < 4.78 is 24.6. The summed E-state index contributed by atoms with van der Waals surface area (Å²) in [7, 11) is -1.12. The summed E-state index contributed by atoms with van der Waals surface area (Å²) in [5, 5.41) is 0. The van der Waals surface area contributed by atoms with Crippen LogP contribution in [0.1, 0.15) is 12.8 Å². The van der Waals surface area contributed by atoms with E-state index in [2.05, 4.69) is 4.90 Å². The lowest BCUT2D eigenvalue weighted by Crippen LogP contribution is -2.48. The van der Waals surface area contributed by atoms with Crippen molar-refractivity contribution in [3.63, 3.8) is 0 Å². The van der Waals surface area contributed by atoms with Crippen LogP contribution >= 0.6 is 0 Å². The van der Waals surface area contributed by atoms with Gasteiger partial charge in [-0.25, -0.2) is 12.7 Å². The quantitative estimate of drug-likeness (QED) is 0.812. The number of rotatable bonds is 2. The highest BCUT2D eigenvalue weighted by atomic mass is 32.2. The smallest absolute Gasteiger partial charge is 0.230 e. The number of hydrogen-bond donors (Lipinski definition) is 0. The summed E-state index contributed by atoms with van der Waals surface area (Å²) in [5.41, 5.74) is 2.03. The molecule has 0 radical (unpaired) electrons. The molecule has 1 saturated heterocycles. The molecule has 1 fully saturated rings. The first kappa shape index (κ1) is 16.3. The van der Waals surface area contributed by atoms with Crippen LogP contribution in [0.2, 0.25) is 0 Å². The SMILES string of the molecule is CN1CCN(C(=O)C2CCN(S(C)(=O)=O)CC2)c2ccccc21. The van der Waals surface area contributed by atoms with Crippen LogP contribution in [0.25, 0.3) is 0 Å². The maximum absolute atomic E-state index is 12.9. The van der Waals surface area contributed by atoms with E-state index in [-0.39, 0.29) is 11.8 Å². The van der Waals surface area contributed by atoms with Crippen molar-refractivity contribution in [1.29, 1.82) is 0 Å². The highest BCUT2D eigenvalue weighted by molar-refractivity contribution is 7.88. The molecule has 0 bridgehead atoms. The van der Waals surface area contributed by atoms with E-state index in [0.29, 0.717) is 32.5 Å². The summed E-state index contributed by atoms with van der Waals surface area (Å²) in [6.07, 6.45) is 2.42. The zero-order chi connectivity index (χ0) is 16.6. The number of likely N-dealkylation sites (N-methyl/N-ethyl adjacent to an activating group) is 1. The average molecular weight is 337 g/mol. The molecule has 0 aliphatic carbocycles. The van der Waals surface area contributed by atoms with Crippen molar-refractivity contribution in [2.24, 2.45) is 5.92 Å². The Bertz CT molecular complexity index is 696. The average Bonchev–Trinajstić information content (AvgIpc) is 2.54. The van der Waals surface area contributed by atoms with Crippen LogP contribution in [0.15, 0.2) is 24.3 Å². The normalized spacial score (nSPS) is 20.4. The number of anilines is 2. The Hall–Kier alpha value is -1.60. The Morgan fingerprint density at radius 3 is 2.26 bits per heavy atom. The zero-order valence-corrected chi connectivity index (χ0v) is 14.4. The van der Waals surface area contributed by atoms with Crippen molar-refractivity contribution in [1.82, 2.24) is 4.31 Å². The minimum Gasteiger partial charge on any atom is -0.371 e. The maximum Gasteiger partial charge on any atom is 0.230 e. The van der Waals surface area contributed by atoms with Gasteiger partial charge in [0.15, 0.2) is 0 Å². The van der Waals surface area contributed by atoms with Crippen LogP contribution < -0.4 is 9.80 Å². The van der Waals surface area contributed by atoms with Gasteiger partial charge in [0.25, 0.3) is 0 Å². The molecule has 6 nitrogen and oxygen atoms in total. The van der Waals surface area contributed by atoms with Gasteiger partial charge < -0.3 is 9.80 Å². The molecule has 2 aliphatic rings. The van der Waals surface area contributed by atoms with Crippen LogP contribution in [0.4, 0.5) is 11.4 Å². The molecule has 0 aromatic heterocycles. The van der Waals surface area contributed by atoms with Gasteiger partial charge in [-0.05, 0) is 25.0 Å². The van der Waals surface area contributed by atoms with Gasteiger partial charge in [-0.15, -0.1) is 0 Å². The third-order valence-corrected chi connectivity index (χ3v) is 6.08. The van der Waals surface area contributed by atoms with Gasteiger partial charge in [-0.2, -0.15) is 0 Å². The van der Waals surface area contributed by atoms with E-state index in [1.807, 2.05) is 36.2 Å². The summed E-state index contributed by atoms with van der Waals surface area (Å²) in [6, 6.07) is 7.94. The molecule has 0 spiro atoms. The van der Waals surface area contributed by atoms with Gasteiger partial charge in [0.2, 0.25) is 15.9 Å². The minimum absolute atomic E-state index is 0.0931. The predicted octanol–water partition coefficient (Wildman–Crippen LogP) is 1.14. The summed E-state index contributed by atoms with van der Waals surface area (Å²) >= 11 is 0. The predicted molar refractivity (Wildman–Crippen MR) is 91.2 cm³/mol. The molecule has 2 heterocycles. The largest absolute Gasteiger partial charge is 0.371 e. The van der Waals surface area contributed by atoms with Crippen molar-refractivity contribution in [2.75, 3.05) is 49.3 Å². The monoisotopic (exact) mass is 337 g/mol. The third-order valence-electron chi connectivity index (χ3n) is 4.78. The van der Waals surface area contributed by atoms with Crippen LogP contribution in [0.5, 0.6) is 0 Å². The maximum atomic E-state index is 12.9. The van der Waals surface area contributed by atoms with Crippen LogP contribution in [-0.4, -0.2) is 58.1 Å². The van der Waals surface area contributed by atoms with Gasteiger partial charge in [0.1, 0.15) is 0 Å². The Labute approximate surface area is 137 Å². The summed E-state index contributed by atoms with van der Waals surface area (Å²) in [4.78, 5) is 16.9. The highest BCUT2D eigenvalue weighted by Gasteiger charge is 2.34. The first-order valence-corrected chi connectivity index (χ1v) is 9.79. The van der Waals surface area contributed by atoms with Gasteiger partial charge >= 0.3 is 0 Å². The number of fused-ring (bicyclic) bond motifs is 1. The molecule has 0 atom stereocenters. The molecule has 23 heavy (non-hydrogen) atoms. The van der Waals surface area contributed by atoms with Crippen molar-refractivity contribution in [2.45, 2.75) is 12.8 Å². The number of amides is 1. The van der Waals surface area contributed by atoms with Crippen molar-refractivity contribution in [3.05, 3.63) is 24.3 Å². The standard InChI is InChI=1S/C16H23N3O3S/c1-17-11-12-19(15-6-4-3-5-14(15)17)16(20)13-7-9-18(10-8-13)23(2,21)22/h3-6,13H,7-12H2,1-2H3. The number of sulfonamides is 1. The lowest BCUT2D eigenvalue weighted by atomic mass is 9.95. The number of hydrogen-bond acceptors (Lipinski definition) is 4. The second-order valence-corrected chi connectivity index (χ2v) is 8.32. The van der Waals surface area contributed by atoms with Crippen molar-refractivity contribution >= 4 is 27.3 Å². The van der Waals surface area contributed by atoms with Crippen LogP contribution in [-0.2, 0) is 14.8 Å². The molecular weight excluding hydrogens is 314 g/mol. The molecule has 0 unspecified atom stereocenters. The fourth-order valence-corrected chi connectivity index (χ4v) is 4.26. The first-order valence-electron chi connectivity index (χ1n) is 7.94. The summed E-state index contributed by atoms with van der Waals surface area (Å²) in [5.74, 6) is 0.0307. The number of para-hydroxylation sites is 2. The molecule has 0 N–H and O–H groups in total. The number of benzene rings is 1. The molecule has 2 aliphatic heterocycles. The Morgan fingerprint density at radius 1 is 1.04 bits per heavy atom. The number of nitrogens with zero attached hydrogens (tertiary/aromatic N) is 3. The Kier molecular flexibility index (Phi) is 4.33. The fraction of sp³-hybridized carbons (Fsp3) is 0.562. The van der Waals surface area contributed by atoms with E-state index in [1.54, 1.807) is 0 Å². The minimum atomic E-state index is -3.15. The van der Waals surface area contributed by atoms with E-state index in [1.165, 1.54) is 10.6 Å². The fourth-order valence-electron chi connectivity index (χ4n) is 3.39. The van der Waals surface area contributed by atoms with E-state index in [9.17, 15) is 13.2 Å². The van der Waals surface area contributed by atoms with E-state index < -0.39 is 10.0 Å². The van der Waals surface area contributed by atoms with Gasteiger partial charge in [0, 0.05) is 39.1 Å². The molecule has 1 aromatic carbocycles. The van der Waals surface area contributed by atoms with Crippen molar-refractivity contribution < 1.29 is 13.2 Å². The molecule has 7 heteroatoms. The van der Waals surface area contributed by atoms with Gasteiger partial charge in [0.05, 0.1) is 17.6 Å².